The van der Waals surface area contributed by atoms with E-state index in [1.807, 2.05) is 38.6 Å². The number of rotatable bonds is 9. The van der Waals surface area contributed by atoms with E-state index in [0.29, 0.717) is 38.3 Å². The van der Waals surface area contributed by atoms with Gasteiger partial charge in [-0.05, 0) is 65.2 Å². The van der Waals surface area contributed by atoms with Gasteiger partial charge in [-0.2, -0.15) is 10.2 Å². The molecular weight excluding hydrogens is 669 g/mol. The number of piperazine rings is 1. The van der Waals surface area contributed by atoms with Crippen LogP contribution in [0.4, 0.5) is 29.9 Å². The van der Waals surface area contributed by atoms with Gasteiger partial charge in [0.25, 0.3) is 12.3 Å². The van der Waals surface area contributed by atoms with Crippen LogP contribution in [0.25, 0.3) is 11.3 Å². The van der Waals surface area contributed by atoms with Crippen LogP contribution in [0.15, 0.2) is 42.7 Å². The number of ether oxygens (including phenoxy) is 3. The van der Waals surface area contributed by atoms with Crippen LogP contribution in [0.3, 0.4) is 0 Å². The number of amides is 2. The summed E-state index contributed by atoms with van der Waals surface area (Å²) in [4.78, 5) is 58.6. The summed E-state index contributed by atoms with van der Waals surface area (Å²) >= 11 is 0. The minimum Gasteiger partial charge on any atom is -0.444 e. The molecule has 270 valence electrons. The molecule has 0 saturated carbocycles. The van der Waals surface area contributed by atoms with E-state index in [4.69, 9.17) is 14.5 Å². The van der Waals surface area contributed by atoms with Gasteiger partial charge in [-0.25, -0.2) is 37.3 Å². The van der Waals surface area contributed by atoms with Crippen LogP contribution in [-0.4, -0.2) is 98.6 Å². The van der Waals surface area contributed by atoms with Crippen molar-refractivity contribution in [1.29, 1.82) is 0 Å². The maximum atomic E-state index is 14.1. The summed E-state index contributed by atoms with van der Waals surface area (Å²) in [5.74, 6) is -1.08. The number of alkyl halides is 2. The van der Waals surface area contributed by atoms with Crippen molar-refractivity contribution < 1.29 is 42.2 Å². The molecule has 3 aromatic heterocycles. The molecule has 5 rings (SSSR count). The smallest absolute Gasteiger partial charge is 0.444 e. The Balaban J connectivity index is 1.35. The molecule has 1 saturated heterocycles. The van der Waals surface area contributed by atoms with E-state index in [9.17, 15) is 28.0 Å². The highest BCUT2D eigenvalue weighted by atomic mass is 19.3. The predicted octanol–water partition coefficient (Wildman–Crippen LogP) is 4.85. The molecule has 0 radical (unpaired) electrons. The minimum absolute atomic E-state index is 0.0153. The Morgan fingerprint density at radius 1 is 1.04 bits per heavy atom. The van der Waals surface area contributed by atoms with Gasteiger partial charge in [0.15, 0.2) is 11.3 Å². The standard InChI is InChI=1S/C33H39BF2N8O7/c1-19(2)49-32(48)50-30(46)20-7-9-21(10-8-20)43-18-24(26(40-43)27(35)36)38-29(45)23-17-37-44-22(16-34-6)15-25(39-28(23)44)41-11-13-42(14-12-41)31(47)51-33(3,4)5/h7-10,15,17-19,27,34H,11-14,16H2,1-6H3,(H,38,45). The molecule has 0 unspecified atom stereocenters. The first-order chi connectivity index (χ1) is 24.1. The first-order valence-corrected chi connectivity index (χ1v) is 16.5. The van der Waals surface area contributed by atoms with Gasteiger partial charge in [-0.1, -0.05) is 6.82 Å². The molecule has 4 heterocycles. The maximum absolute atomic E-state index is 14.1. The van der Waals surface area contributed by atoms with Crippen LogP contribution in [0.5, 0.6) is 0 Å². The van der Waals surface area contributed by atoms with Gasteiger partial charge in [0.1, 0.15) is 24.3 Å². The molecule has 2 amide bonds. The van der Waals surface area contributed by atoms with Gasteiger partial charge in [0, 0.05) is 37.9 Å². The Hall–Kier alpha value is -5.55. The number of esters is 1. The topological polar surface area (TPSA) is 162 Å². The number of fused-ring (bicyclic) bond motifs is 1. The number of nitrogens with zero attached hydrogens (tertiary/aromatic N) is 7. The van der Waals surface area contributed by atoms with Crippen molar-refractivity contribution in [3.63, 3.8) is 0 Å². The number of carbonyl (C=O) groups is 4. The lowest BCUT2D eigenvalue weighted by Gasteiger charge is -2.36. The zero-order chi connectivity index (χ0) is 37.0. The zero-order valence-corrected chi connectivity index (χ0v) is 29.2. The van der Waals surface area contributed by atoms with Crippen molar-refractivity contribution in [3.05, 3.63) is 65.2 Å². The van der Waals surface area contributed by atoms with E-state index >= 15 is 0 Å². The maximum Gasteiger partial charge on any atom is 0.516 e. The average Bonchev–Trinajstić information content (AvgIpc) is 3.69. The zero-order valence-electron chi connectivity index (χ0n) is 29.2. The SMILES string of the molecule is CBCc1cc(N2CCN(C(=O)OC(C)(C)C)CC2)nc2c(C(=O)Nc3cn(-c4ccc(C(=O)OC(=O)OC(C)C)cc4)nc3C(F)F)cnn12. The Kier molecular flexibility index (Phi) is 10.9. The Bertz CT molecular complexity index is 1920. The fourth-order valence-corrected chi connectivity index (χ4v) is 5.28. The monoisotopic (exact) mass is 708 g/mol. The van der Waals surface area contributed by atoms with Crippen molar-refractivity contribution in [1.82, 2.24) is 29.3 Å². The summed E-state index contributed by atoms with van der Waals surface area (Å²) < 4.78 is 45.9. The van der Waals surface area contributed by atoms with Crippen LogP contribution < -0.4 is 10.2 Å². The molecule has 1 N–H and O–H groups in total. The fraction of sp³-hybridized carbons (Fsp3) is 0.424. The van der Waals surface area contributed by atoms with Crippen molar-refractivity contribution in [2.75, 3.05) is 36.4 Å². The van der Waals surface area contributed by atoms with Crippen LogP contribution in [0, 0.1) is 0 Å². The molecule has 4 aromatic rings. The van der Waals surface area contributed by atoms with Crippen molar-refractivity contribution in [2.45, 2.75) is 65.9 Å². The van der Waals surface area contributed by atoms with E-state index < -0.39 is 41.9 Å². The molecular formula is C33H39BF2N8O7. The molecule has 1 fully saturated rings. The van der Waals surface area contributed by atoms with E-state index in [1.54, 1.807) is 23.3 Å². The first-order valence-electron chi connectivity index (χ1n) is 16.5. The summed E-state index contributed by atoms with van der Waals surface area (Å²) in [6, 6.07) is 7.39. The predicted molar refractivity (Wildman–Crippen MR) is 183 cm³/mol. The Morgan fingerprint density at radius 2 is 1.73 bits per heavy atom. The third-order valence-electron chi connectivity index (χ3n) is 7.61. The first kappa shape index (κ1) is 36.7. The molecule has 15 nitrogen and oxygen atoms in total. The molecule has 1 aliphatic rings. The van der Waals surface area contributed by atoms with Crippen LogP contribution >= 0.6 is 0 Å². The van der Waals surface area contributed by atoms with Crippen molar-refractivity contribution >= 4 is 48.6 Å². The van der Waals surface area contributed by atoms with Gasteiger partial charge in [-0.15, -0.1) is 0 Å². The summed E-state index contributed by atoms with van der Waals surface area (Å²) in [7, 11) is 0.788. The molecule has 0 atom stereocenters. The van der Waals surface area contributed by atoms with Crippen LogP contribution in [-0.2, 0) is 20.5 Å². The van der Waals surface area contributed by atoms with E-state index in [-0.39, 0.29) is 34.2 Å². The highest BCUT2D eigenvalue weighted by molar-refractivity contribution is 6.32. The fourth-order valence-electron chi connectivity index (χ4n) is 5.28. The van der Waals surface area contributed by atoms with Gasteiger partial charge in [0.05, 0.1) is 35.4 Å². The van der Waals surface area contributed by atoms with Crippen LogP contribution in [0.1, 0.15) is 73.1 Å². The third kappa shape index (κ3) is 8.79. The van der Waals surface area contributed by atoms with Crippen LogP contribution in [0.2, 0.25) is 6.82 Å². The van der Waals surface area contributed by atoms with E-state index in [2.05, 4.69) is 20.3 Å². The number of hydrogen-bond donors (Lipinski definition) is 1. The molecule has 0 spiro atoms. The van der Waals surface area contributed by atoms with Gasteiger partial charge in [-0.3, -0.25) is 4.79 Å². The lowest BCUT2D eigenvalue weighted by atomic mass is 9.76. The highest BCUT2D eigenvalue weighted by Crippen LogP contribution is 2.29. The summed E-state index contributed by atoms with van der Waals surface area (Å²) in [6.45, 7) is 12.4. The number of benzene rings is 1. The number of anilines is 2. The van der Waals surface area contributed by atoms with Gasteiger partial charge >= 0.3 is 18.2 Å². The second kappa shape index (κ2) is 15.1. The lowest BCUT2D eigenvalue weighted by molar-refractivity contribution is 0.0236. The number of nitrogens with one attached hydrogen (secondary N) is 1. The normalized spacial score (nSPS) is 13.5. The summed E-state index contributed by atoms with van der Waals surface area (Å²) in [5, 5.41) is 10.9. The molecule has 0 bridgehead atoms. The molecule has 18 heteroatoms. The van der Waals surface area contributed by atoms with E-state index in [1.165, 1.54) is 36.7 Å². The molecule has 51 heavy (non-hydrogen) atoms. The third-order valence-corrected chi connectivity index (χ3v) is 7.61. The molecule has 0 aliphatic carbocycles. The van der Waals surface area contributed by atoms with Gasteiger partial charge in [0.2, 0.25) is 0 Å². The van der Waals surface area contributed by atoms with Crippen molar-refractivity contribution in [3.8, 4) is 5.69 Å². The summed E-state index contributed by atoms with van der Waals surface area (Å²) in [6.07, 6.45) is -1.86. The quantitative estimate of drug-likeness (QED) is 0.144. The largest absolute Gasteiger partial charge is 0.516 e. The average molecular weight is 709 g/mol. The second-order valence-corrected chi connectivity index (χ2v) is 13.1. The minimum atomic E-state index is -3.04. The second-order valence-electron chi connectivity index (χ2n) is 13.1. The molecule has 1 aliphatic heterocycles. The lowest BCUT2D eigenvalue weighted by Crippen LogP contribution is -2.50. The Morgan fingerprint density at radius 3 is 2.33 bits per heavy atom. The number of hydrogen-bond acceptors (Lipinski definition) is 11. The summed E-state index contributed by atoms with van der Waals surface area (Å²) in [5.41, 5.74) is -0.114. The molecule has 1 aromatic carbocycles. The Labute approximate surface area is 293 Å². The number of aromatic nitrogens is 5. The van der Waals surface area contributed by atoms with Crippen molar-refractivity contribution in [2.24, 2.45) is 0 Å². The van der Waals surface area contributed by atoms with E-state index in [0.717, 1.165) is 17.7 Å². The highest BCUT2D eigenvalue weighted by Gasteiger charge is 2.28. The number of halogens is 2. The number of carbonyl (C=O) groups excluding carboxylic acids is 4. The van der Waals surface area contributed by atoms with Gasteiger partial charge < -0.3 is 29.3 Å².